The first kappa shape index (κ1) is 16.8. The molecule has 1 aromatic carbocycles. The van der Waals surface area contributed by atoms with E-state index in [2.05, 4.69) is 0 Å². The fraction of sp³-hybridized carbons (Fsp3) is 0.562. The molecule has 2 rings (SSSR count). The molecule has 122 valence electrons. The summed E-state index contributed by atoms with van der Waals surface area (Å²) >= 11 is 0. The molecule has 3 nitrogen and oxygen atoms in total. The van der Waals surface area contributed by atoms with Crippen molar-refractivity contribution < 1.29 is 18.0 Å². The Hall–Kier alpha value is -1.56. The summed E-state index contributed by atoms with van der Waals surface area (Å²) < 4.78 is 38.1. The zero-order chi connectivity index (χ0) is 16.5. The minimum absolute atomic E-state index is 0.0186. The van der Waals surface area contributed by atoms with Crippen LogP contribution in [0.25, 0.3) is 0 Å². The van der Waals surface area contributed by atoms with Crippen LogP contribution in [-0.4, -0.2) is 29.9 Å². The number of nitrogens with zero attached hydrogens (tertiary/aromatic N) is 1. The van der Waals surface area contributed by atoms with Crippen LogP contribution in [0.15, 0.2) is 24.3 Å². The maximum absolute atomic E-state index is 12.7. The van der Waals surface area contributed by atoms with Gasteiger partial charge in [0.25, 0.3) is 0 Å². The predicted octanol–water partition coefficient (Wildman–Crippen LogP) is 2.83. The molecule has 1 unspecified atom stereocenters. The molecule has 0 aliphatic carbocycles. The molecule has 1 aliphatic rings. The Morgan fingerprint density at radius 3 is 2.68 bits per heavy atom. The van der Waals surface area contributed by atoms with Gasteiger partial charge in [0.1, 0.15) is 0 Å². The van der Waals surface area contributed by atoms with Crippen LogP contribution in [0.2, 0.25) is 0 Å². The molecule has 6 heteroatoms. The Labute approximate surface area is 128 Å². The van der Waals surface area contributed by atoms with Gasteiger partial charge >= 0.3 is 6.18 Å². The van der Waals surface area contributed by atoms with E-state index >= 15 is 0 Å². The fourth-order valence-corrected chi connectivity index (χ4v) is 2.73. The van der Waals surface area contributed by atoms with Crippen LogP contribution in [-0.2, 0) is 17.4 Å². The lowest BCUT2D eigenvalue weighted by molar-refractivity contribution is -0.138. The third-order valence-electron chi connectivity index (χ3n) is 4.27. The van der Waals surface area contributed by atoms with E-state index in [1.165, 1.54) is 6.07 Å². The normalized spacial score (nSPS) is 21.7. The van der Waals surface area contributed by atoms with Crippen molar-refractivity contribution in [3.63, 3.8) is 0 Å². The third kappa shape index (κ3) is 3.80. The van der Waals surface area contributed by atoms with Crippen molar-refractivity contribution >= 4 is 5.91 Å². The van der Waals surface area contributed by atoms with E-state index in [9.17, 15) is 18.0 Å². The highest BCUT2D eigenvalue weighted by atomic mass is 19.4. The maximum atomic E-state index is 12.7. The number of hydrogen-bond acceptors (Lipinski definition) is 2. The molecular formula is C16H21F3N2O. The summed E-state index contributed by atoms with van der Waals surface area (Å²) in [4.78, 5) is 14.0. The predicted molar refractivity (Wildman–Crippen MR) is 78.1 cm³/mol. The first-order valence-electron chi connectivity index (χ1n) is 7.29. The topological polar surface area (TPSA) is 46.3 Å². The summed E-state index contributed by atoms with van der Waals surface area (Å²) in [7, 11) is 0. The molecule has 1 aliphatic heterocycles. The van der Waals surface area contributed by atoms with Crippen molar-refractivity contribution in [2.45, 2.75) is 38.9 Å². The summed E-state index contributed by atoms with van der Waals surface area (Å²) in [6.45, 7) is 5.09. The van der Waals surface area contributed by atoms with Crippen molar-refractivity contribution in [3.8, 4) is 0 Å². The molecule has 2 N–H and O–H groups in total. The summed E-state index contributed by atoms with van der Waals surface area (Å²) in [6, 6.07) is 4.97. The third-order valence-corrected chi connectivity index (χ3v) is 4.27. The van der Waals surface area contributed by atoms with Crippen LogP contribution in [0.3, 0.4) is 0 Å². The van der Waals surface area contributed by atoms with Gasteiger partial charge in [-0.3, -0.25) is 4.79 Å². The van der Waals surface area contributed by atoms with Gasteiger partial charge in [-0.2, -0.15) is 13.2 Å². The molecule has 0 saturated carbocycles. The maximum Gasteiger partial charge on any atom is 0.416 e. The number of alkyl halides is 3. The second-order valence-corrected chi connectivity index (χ2v) is 6.57. The van der Waals surface area contributed by atoms with Gasteiger partial charge in [-0.15, -0.1) is 0 Å². The minimum Gasteiger partial charge on any atom is -0.342 e. The Morgan fingerprint density at radius 1 is 1.41 bits per heavy atom. The second-order valence-electron chi connectivity index (χ2n) is 6.57. The standard InChI is InChI=1S/C16H21F3N2O/c1-15(2)10-21(7-6-13(15)20)14(22)9-11-4-3-5-12(8-11)16(17,18)19/h3-5,8,13H,6-7,9-10,20H2,1-2H3. The van der Waals surface area contributed by atoms with E-state index in [1.807, 2.05) is 13.8 Å². The zero-order valence-corrected chi connectivity index (χ0v) is 12.8. The van der Waals surface area contributed by atoms with Crippen LogP contribution in [0, 0.1) is 5.41 Å². The summed E-state index contributed by atoms with van der Waals surface area (Å²) in [6.07, 6.45) is -3.70. The number of rotatable bonds is 2. The monoisotopic (exact) mass is 314 g/mol. The molecular weight excluding hydrogens is 293 g/mol. The smallest absolute Gasteiger partial charge is 0.342 e. The average molecular weight is 314 g/mol. The molecule has 1 saturated heterocycles. The lowest BCUT2D eigenvalue weighted by Gasteiger charge is -2.42. The minimum atomic E-state index is -4.39. The Kier molecular flexibility index (Phi) is 4.52. The SMILES string of the molecule is CC1(C)CN(C(=O)Cc2cccc(C(F)(F)F)c2)CCC1N. The van der Waals surface area contributed by atoms with E-state index in [4.69, 9.17) is 5.73 Å². The average Bonchev–Trinajstić information content (AvgIpc) is 2.41. The molecule has 0 aromatic heterocycles. The van der Waals surface area contributed by atoms with Crippen molar-refractivity contribution in [2.24, 2.45) is 11.1 Å². The van der Waals surface area contributed by atoms with Gasteiger partial charge in [0.05, 0.1) is 12.0 Å². The number of nitrogens with two attached hydrogens (primary N) is 1. The number of carbonyl (C=O) groups excluding carboxylic acids is 1. The highest BCUT2D eigenvalue weighted by molar-refractivity contribution is 5.79. The first-order valence-corrected chi connectivity index (χ1v) is 7.29. The highest BCUT2D eigenvalue weighted by Crippen LogP contribution is 2.30. The molecule has 0 radical (unpaired) electrons. The van der Waals surface area contributed by atoms with Crippen LogP contribution >= 0.6 is 0 Å². The molecule has 22 heavy (non-hydrogen) atoms. The first-order chi connectivity index (χ1) is 10.1. The molecule has 1 heterocycles. The molecule has 0 bridgehead atoms. The summed E-state index contributed by atoms with van der Waals surface area (Å²) in [5.41, 5.74) is 5.51. The molecule has 0 spiro atoms. The van der Waals surface area contributed by atoms with Gasteiger partial charge in [0, 0.05) is 19.1 Å². The molecule has 1 fully saturated rings. The number of likely N-dealkylation sites (tertiary alicyclic amines) is 1. The van der Waals surface area contributed by atoms with E-state index < -0.39 is 11.7 Å². The van der Waals surface area contributed by atoms with E-state index in [-0.39, 0.29) is 23.8 Å². The van der Waals surface area contributed by atoms with Crippen molar-refractivity contribution in [2.75, 3.05) is 13.1 Å². The van der Waals surface area contributed by atoms with Crippen molar-refractivity contribution in [1.82, 2.24) is 4.90 Å². The number of halogens is 3. The number of hydrogen-bond donors (Lipinski definition) is 1. The lowest BCUT2D eigenvalue weighted by Crippen LogP contribution is -2.54. The van der Waals surface area contributed by atoms with Gasteiger partial charge in [-0.05, 0) is 23.5 Å². The molecule has 1 amide bonds. The molecule has 1 atom stereocenters. The molecule has 1 aromatic rings. The zero-order valence-electron chi connectivity index (χ0n) is 12.8. The van der Waals surface area contributed by atoms with Crippen molar-refractivity contribution in [1.29, 1.82) is 0 Å². The van der Waals surface area contributed by atoms with Crippen LogP contribution in [0.5, 0.6) is 0 Å². The highest BCUT2D eigenvalue weighted by Gasteiger charge is 2.35. The van der Waals surface area contributed by atoms with Gasteiger partial charge in [-0.25, -0.2) is 0 Å². The van der Waals surface area contributed by atoms with Crippen LogP contribution < -0.4 is 5.73 Å². The van der Waals surface area contributed by atoms with Crippen LogP contribution in [0.4, 0.5) is 13.2 Å². The van der Waals surface area contributed by atoms with Gasteiger partial charge < -0.3 is 10.6 Å². The number of benzene rings is 1. The largest absolute Gasteiger partial charge is 0.416 e. The number of piperidine rings is 1. The second kappa shape index (κ2) is 5.91. The van der Waals surface area contributed by atoms with Crippen molar-refractivity contribution in [3.05, 3.63) is 35.4 Å². The number of carbonyl (C=O) groups is 1. The quantitative estimate of drug-likeness (QED) is 0.912. The Balaban J connectivity index is 2.07. The van der Waals surface area contributed by atoms with E-state index in [0.29, 0.717) is 25.1 Å². The van der Waals surface area contributed by atoms with Gasteiger partial charge in [-0.1, -0.05) is 32.0 Å². The van der Waals surface area contributed by atoms with Gasteiger partial charge in [0.2, 0.25) is 5.91 Å². The van der Waals surface area contributed by atoms with E-state index in [0.717, 1.165) is 12.1 Å². The van der Waals surface area contributed by atoms with E-state index in [1.54, 1.807) is 11.0 Å². The summed E-state index contributed by atoms with van der Waals surface area (Å²) in [5.74, 6) is -0.153. The Morgan fingerprint density at radius 2 is 2.09 bits per heavy atom. The number of amides is 1. The van der Waals surface area contributed by atoms with Gasteiger partial charge in [0.15, 0.2) is 0 Å². The Bertz CT molecular complexity index is 555. The summed E-state index contributed by atoms with van der Waals surface area (Å²) in [5, 5.41) is 0. The van der Waals surface area contributed by atoms with Crippen LogP contribution in [0.1, 0.15) is 31.4 Å². The fourth-order valence-electron chi connectivity index (χ4n) is 2.73. The lowest BCUT2D eigenvalue weighted by atomic mass is 9.79.